The smallest absolute Gasteiger partial charge is 0.425 e. The standard InChI is InChI=1S/C44H57ClN4O6Si/c1-41(2,3)53-39(50)49(40(51)54-42(4,5)6)38-27-31-26-36(35(45)25-32(31)28-46-38)47-21-23-48(24-22-47)44(10)30-52-29-37(44)55-56(43(7,8)9,33-17-13-11-14-18-33)34-19-15-12-16-20-34/h11-20,25-28,37H,21-24,29-30H2,1-10H3. The summed E-state index contributed by atoms with van der Waals surface area (Å²) in [7, 11) is -2.82. The summed E-state index contributed by atoms with van der Waals surface area (Å²) in [6.45, 7) is 23.8. The molecule has 2 amide bonds. The Morgan fingerprint density at radius 3 is 1.84 bits per heavy atom. The van der Waals surface area contributed by atoms with Gasteiger partial charge in [-0.3, -0.25) is 4.90 Å². The Labute approximate surface area is 338 Å². The third-order valence-corrected chi connectivity index (χ3v) is 15.9. The van der Waals surface area contributed by atoms with E-state index in [-0.39, 0.29) is 22.5 Å². The van der Waals surface area contributed by atoms with Crippen LogP contribution < -0.4 is 20.2 Å². The van der Waals surface area contributed by atoms with Gasteiger partial charge < -0.3 is 23.5 Å². The van der Waals surface area contributed by atoms with Gasteiger partial charge in [0, 0.05) is 37.8 Å². The molecule has 2 aliphatic heterocycles. The lowest BCUT2D eigenvalue weighted by molar-refractivity contribution is 0.0165. The maximum Gasteiger partial charge on any atom is 0.425 e. The Bertz CT molecular complexity index is 1960. The number of amides is 2. The SMILES string of the molecule is CC(C)(C)OC(=O)N(C(=O)OC(C)(C)C)c1cc2cc(N3CCN(C4(C)COCC4O[Si](c4ccccc4)(c4ccccc4)C(C)(C)C)CC3)c(Cl)cc2cn1. The van der Waals surface area contributed by atoms with Gasteiger partial charge in [-0.25, -0.2) is 14.6 Å². The van der Waals surface area contributed by atoms with Crippen molar-refractivity contribution in [2.45, 2.75) is 97.1 Å². The van der Waals surface area contributed by atoms with E-state index in [2.05, 4.69) is 103 Å². The fourth-order valence-corrected chi connectivity index (χ4v) is 12.9. The van der Waals surface area contributed by atoms with Crippen molar-refractivity contribution in [3.05, 3.63) is 90.1 Å². The Kier molecular flexibility index (Phi) is 11.7. The van der Waals surface area contributed by atoms with E-state index < -0.39 is 31.7 Å². The Morgan fingerprint density at radius 1 is 0.804 bits per heavy atom. The quantitative estimate of drug-likeness (QED) is 0.171. The molecule has 4 aromatic rings. The van der Waals surface area contributed by atoms with Gasteiger partial charge in [0.05, 0.1) is 35.6 Å². The summed E-state index contributed by atoms with van der Waals surface area (Å²) < 4.78 is 25.1. The summed E-state index contributed by atoms with van der Waals surface area (Å²) in [5.41, 5.74) is -1.16. The van der Waals surface area contributed by atoms with Gasteiger partial charge in [-0.1, -0.05) is 93.0 Å². The van der Waals surface area contributed by atoms with Gasteiger partial charge in [-0.2, -0.15) is 4.90 Å². The number of pyridine rings is 1. The first-order chi connectivity index (χ1) is 26.2. The minimum atomic E-state index is -2.82. The number of rotatable bonds is 7. The number of hydrogen-bond acceptors (Lipinski definition) is 9. The Hall–Kier alpha value is -4.00. The van der Waals surface area contributed by atoms with Crippen LogP contribution in [0.1, 0.15) is 69.2 Å². The van der Waals surface area contributed by atoms with Crippen molar-refractivity contribution in [2.75, 3.05) is 49.2 Å². The van der Waals surface area contributed by atoms with Crippen molar-refractivity contribution in [1.29, 1.82) is 0 Å². The number of halogens is 1. The summed E-state index contributed by atoms with van der Waals surface area (Å²) >= 11 is 6.95. The maximum atomic E-state index is 13.4. The number of ether oxygens (including phenoxy) is 3. The molecule has 0 aliphatic carbocycles. The van der Waals surface area contributed by atoms with Gasteiger partial charge in [0.25, 0.3) is 8.32 Å². The Balaban J connectivity index is 1.26. The van der Waals surface area contributed by atoms with Gasteiger partial charge in [-0.15, -0.1) is 0 Å². The highest BCUT2D eigenvalue weighted by atomic mass is 35.5. The number of imide groups is 1. The molecule has 2 atom stereocenters. The highest BCUT2D eigenvalue weighted by molar-refractivity contribution is 6.99. The zero-order valence-electron chi connectivity index (χ0n) is 34.5. The van der Waals surface area contributed by atoms with Gasteiger partial charge in [0.1, 0.15) is 17.0 Å². The fraction of sp³-hybridized carbons (Fsp3) is 0.477. The van der Waals surface area contributed by atoms with Crippen LogP contribution in [0, 0.1) is 0 Å². The van der Waals surface area contributed by atoms with Crippen LogP contribution in [0.2, 0.25) is 10.1 Å². The second-order valence-corrected chi connectivity index (χ2v) is 22.8. The summed E-state index contributed by atoms with van der Waals surface area (Å²) in [4.78, 5) is 36.8. The summed E-state index contributed by atoms with van der Waals surface area (Å²) in [6, 6.07) is 27.1. The number of fused-ring (bicyclic) bond motifs is 1. The van der Waals surface area contributed by atoms with E-state index in [1.54, 1.807) is 53.8 Å². The van der Waals surface area contributed by atoms with E-state index in [4.69, 9.17) is 30.2 Å². The van der Waals surface area contributed by atoms with Crippen molar-refractivity contribution in [3.8, 4) is 0 Å². The van der Waals surface area contributed by atoms with Crippen LogP contribution >= 0.6 is 11.6 Å². The van der Waals surface area contributed by atoms with E-state index in [0.29, 0.717) is 18.2 Å². The molecule has 1 aromatic heterocycles. The molecular formula is C44H57ClN4O6Si. The molecule has 0 bridgehead atoms. The molecule has 2 aliphatic rings. The second-order valence-electron chi connectivity index (χ2n) is 18.1. The number of carbonyl (C=O) groups is 2. The second kappa shape index (κ2) is 15.7. The van der Waals surface area contributed by atoms with E-state index in [0.717, 1.165) is 47.5 Å². The third-order valence-electron chi connectivity index (χ3n) is 10.6. The highest BCUT2D eigenvalue weighted by Crippen LogP contribution is 2.42. The molecular weight excluding hydrogens is 744 g/mol. The number of piperazine rings is 1. The third kappa shape index (κ3) is 8.62. The molecule has 12 heteroatoms. The summed E-state index contributed by atoms with van der Waals surface area (Å²) in [6.07, 6.45) is -0.281. The molecule has 0 radical (unpaired) electrons. The lowest BCUT2D eigenvalue weighted by Crippen LogP contribution is -2.71. The molecule has 0 N–H and O–H groups in total. The summed E-state index contributed by atoms with van der Waals surface area (Å²) in [5.74, 6) is 0.0974. The first kappa shape index (κ1) is 41.6. The lowest BCUT2D eigenvalue weighted by Gasteiger charge is -2.50. The number of anilines is 2. The number of hydrogen-bond donors (Lipinski definition) is 0. The highest BCUT2D eigenvalue weighted by Gasteiger charge is 2.56. The number of carbonyl (C=O) groups excluding carboxylic acids is 2. The van der Waals surface area contributed by atoms with Crippen molar-refractivity contribution in [3.63, 3.8) is 0 Å². The van der Waals surface area contributed by atoms with E-state index in [1.807, 2.05) is 12.1 Å². The minimum absolute atomic E-state index is 0.0974. The van der Waals surface area contributed by atoms with Crippen LogP contribution in [0.25, 0.3) is 10.8 Å². The zero-order valence-corrected chi connectivity index (χ0v) is 36.3. The van der Waals surface area contributed by atoms with Crippen molar-refractivity contribution in [2.24, 2.45) is 0 Å². The lowest BCUT2D eigenvalue weighted by atomic mass is 9.95. The van der Waals surface area contributed by atoms with E-state index in [1.165, 1.54) is 10.4 Å². The van der Waals surface area contributed by atoms with Gasteiger partial charge in [-0.05, 0) is 87.5 Å². The molecule has 3 aromatic carbocycles. The Morgan fingerprint density at radius 2 is 1.34 bits per heavy atom. The van der Waals surface area contributed by atoms with Gasteiger partial charge in [0.15, 0.2) is 0 Å². The van der Waals surface area contributed by atoms with Crippen LogP contribution in [0.15, 0.2) is 85.1 Å². The first-order valence-electron chi connectivity index (χ1n) is 19.4. The number of benzene rings is 3. The molecule has 0 spiro atoms. The number of nitrogens with zero attached hydrogens (tertiary/aromatic N) is 4. The molecule has 0 saturated carbocycles. The fourth-order valence-electron chi connectivity index (χ4n) is 7.85. The van der Waals surface area contributed by atoms with Crippen molar-refractivity contribution in [1.82, 2.24) is 9.88 Å². The molecule has 6 rings (SSSR count). The minimum Gasteiger partial charge on any atom is -0.443 e. The van der Waals surface area contributed by atoms with Crippen LogP contribution in [0.4, 0.5) is 21.1 Å². The normalized spacial score (nSPS) is 19.9. The largest absolute Gasteiger partial charge is 0.443 e. The average molecular weight is 802 g/mol. The first-order valence-corrected chi connectivity index (χ1v) is 21.7. The predicted molar refractivity (Wildman–Crippen MR) is 227 cm³/mol. The van der Waals surface area contributed by atoms with Crippen LogP contribution in [-0.4, -0.2) is 92.6 Å². The molecule has 10 nitrogen and oxygen atoms in total. The molecule has 2 fully saturated rings. The predicted octanol–water partition coefficient (Wildman–Crippen LogP) is 8.42. The molecule has 300 valence electrons. The topological polar surface area (TPSA) is 93.7 Å². The molecule has 2 unspecified atom stereocenters. The molecule has 56 heavy (non-hydrogen) atoms. The summed E-state index contributed by atoms with van der Waals surface area (Å²) in [5, 5.41) is 4.48. The van der Waals surface area contributed by atoms with Crippen molar-refractivity contribution >= 4 is 64.8 Å². The zero-order chi connectivity index (χ0) is 40.7. The molecule has 3 heterocycles. The van der Waals surface area contributed by atoms with Gasteiger partial charge in [0.2, 0.25) is 0 Å². The average Bonchev–Trinajstić information content (AvgIpc) is 3.49. The maximum absolute atomic E-state index is 13.4. The van der Waals surface area contributed by atoms with E-state index in [9.17, 15) is 9.59 Å². The van der Waals surface area contributed by atoms with E-state index >= 15 is 0 Å². The van der Waals surface area contributed by atoms with Crippen LogP contribution in [0.5, 0.6) is 0 Å². The van der Waals surface area contributed by atoms with Crippen LogP contribution in [0.3, 0.4) is 0 Å². The van der Waals surface area contributed by atoms with Crippen molar-refractivity contribution < 1.29 is 28.2 Å². The number of aromatic nitrogens is 1. The monoisotopic (exact) mass is 800 g/mol. The van der Waals surface area contributed by atoms with Crippen LogP contribution in [-0.2, 0) is 18.6 Å². The molecule has 2 saturated heterocycles. The van der Waals surface area contributed by atoms with Gasteiger partial charge >= 0.3 is 12.2 Å².